The average Bonchev–Trinajstić information content (AvgIpc) is 2.42. The summed E-state index contributed by atoms with van der Waals surface area (Å²) in [4.78, 5) is 2.40. The van der Waals surface area contributed by atoms with Gasteiger partial charge < -0.3 is 15.0 Å². The van der Waals surface area contributed by atoms with Crippen molar-refractivity contribution < 1.29 is 4.74 Å². The Morgan fingerprint density at radius 2 is 2.11 bits per heavy atom. The van der Waals surface area contributed by atoms with Crippen LogP contribution in [-0.4, -0.2) is 33.4 Å². The summed E-state index contributed by atoms with van der Waals surface area (Å²) in [6, 6.07) is 6.61. The van der Waals surface area contributed by atoms with Gasteiger partial charge in [-0.2, -0.15) is 0 Å². The van der Waals surface area contributed by atoms with Gasteiger partial charge in [0.1, 0.15) is 0 Å². The quantitative estimate of drug-likeness (QED) is 0.703. The lowest BCUT2D eigenvalue weighted by molar-refractivity contribution is 0.199. The predicted molar refractivity (Wildman–Crippen MR) is 85.9 cm³/mol. The normalized spacial score (nSPS) is 10.7. The van der Waals surface area contributed by atoms with E-state index in [0.717, 1.165) is 32.8 Å². The van der Waals surface area contributed by atoms with Crippen molar-refractivity contribution in [3.05, 3.63) is 28.2 Å². The van der Waals surface area contributed by atoms with E-state index in [9.17, 15) is 0 Å². The summed E-state index contributed by atoms with van der Waals surface area (Å²) in [5, 5.41) is 3.36. The molecular formula is C15H25BrN2O. The van der Waals surface area contributed by atoms with Gasteiger partial charge in [-0.25, -0.2) is 0 Å². The standard InChI is InChI=1S/C15H25BrN2O/c1-4-9-18(5-2)14-7-6-13(15(16)11-14)12-17-8-10-19-3/h6-7,11,17H,4-5,8-10,12H2,1-3H3. The first-order chi connectivity index (χ1) is 9.22. The van der Waals surface area contributed by atoms with Crippen LogP contribution in [0.4, 0.5) is 5.69 Å². The molecule has 0 saturated carbocycles. The van der Waals surface area contributed by atoms with E-state index in [0.29, 0.717) is 0 Å². The van der Waals surface area contributed by atoms with E-state index in [-0.39, 0.29) is 0 Å². The summed E-state index contributed by atoms with van der Waals surface area (Å²) in [6.45, 7) is 9.05. The lowest BCUT2D eigenvalue weighted by atomic mass is 10.2. The van der Waals surface area contributed by atoms with Gasteiger partial charge in [-0.15, -0.1) is 0 Å². The molecule has 0 heterocycles. The van der Waals surface area contributed by atoms with E-state index >= 15 is 0 Å². The third-order valence-corrected chi connectivity index (χ3v) is 3.81. The molecule has 0 fully saturated rings. The van der Waals surface area contributed by atoms with Gasteiger partial charge in [0.2, 0.25) is 0 Å². The lowest BCUT2D eigenvalue weighted by Crippen LogP contribution is -2.23. The maximum atomic E-state index is 5.02. The van der Waals surface area contributed by atoms with Crippen LogP contribution in [0.1, 0.15) is 25.8 Å². The maximum absolute atomic E-state index is 5.02. The first kappa shape index (κ1) is 16.5. The highest BCUT2D eigenvalue weighted by Crippen LogP contribution is 2.24. The molecule has 19 heavy (non-hydrogen) atoms. The van der Waals surface area contributed by atoms with Crippen LogP contribution in [0.2, 0.25) is 0 Å². The number of benzene rings is 1. The summed E-state index contributed by atoms with van der Waals surface area (Å²) >= 11 is 3.67. The van der Waals surface area contributed by atoms with E-state index < -0.39 is 0 Å². The lowest BCUT2D eigenvalue weighted by Gasteiger charge is -2.23. The molecule has 0 spiro atoms. The highest BCUT2D eigenvalue weighted by molar-refractivity contribution is 9.10. The number of halogens is 1. The predicted octanol–water partition coefficient (Wildman–Crippen LogP) is 3.42. The van der Waals surface area contributed by atoms with Gasteiger partial charge >= 0.3 is 0 Å². The minimum Gasteiger partial charge on any atom is -0.383 e. The number of hydrogen-bond acceptors (Lipinski definition) is 3. The van der Waals surface area contributed by atoms with Gasteiger partial charge in [0.05, 0.1) is 6.61 Å². The third kappa shape index (κ3) is 5.51. The van der Waals surface area contributed by atoms with Crippen molar-refractivity contribution in [2.75, 3.05) is 38.3 Å². The molecule has 0 aromatic heterocycles. The third-order valence-electron chi connectivity index (χ3n) is 3.08. The molecule has 0 radical (unpaired) electrons. The van der Waals surface area contributed by atoms with Crippen LogP contribution >= 0.6 is 15.9 Å². The van der Waals surface area contributed by atoms with Gasteiger partial charge in [-0.3, -0.25) is 0 Å². The van der Waals surface area contributed by atoms with E-state index in [4.69, 9.17) is 4.74 Å². The fraction of sp³-hybridized carbons (Fsp3) is 0.600. The minimum atomic E-state index is 0.746. The van der Waals surface area contributed by atoms with Crippen LogP contribution in [-0.2, 0) is 11.3 Å². The molecule has 0 aliphatic carbocycles. The van der Waals surface area contributed by atoms with Crippen LogP contribution in [0.15, 0.2) is 22.7 Å². The molecule has 4 heteroatoms. The molecule has 0 unspecified atom stereocenters. The van der Waals surface area contributed by atoms with Crippen molar-refractivity contribution in [1.82, 2.24) is 5.32 Å². The fourth-order valence-electron chi connectivity index (χ4n) is 2.01. The molecule has 1 aromatic carbocycles. The van der Waals surface area contributed by atoms with Gasteiger partial charge in [-0.05, 0) is 31.0 Å². The van der Waals surface area contributed by atoms with Crippen LogP contribution < -0.4 is 10.2 Å². The molecule has 108 valence electrons. The summed E-state index contributed by atoms with van der Waals surface area (Å²) < 4.78 is 6.19. The molecule has 1 aromatic rings. The molecular weight excluding hydrogens is 304 g/mol. The number of ether oxygens (including phenoxy) is 1. The number of methoxy groups -OCH3 is 1. The Bertz CT molecular complexity index is 371. The largest absolute Gasteiger partial charge is 0.383 e. The zero-order valence-electron chi connectivity index (χ0n) is 12.2. The zero-order chi connectivity index (χ0) is 14.1. The number of anilines is 1. The van der Waals surface area contributed by atoms with Crippen molar-refractivity contribution in [3.63, 3.8) is 0 Å². The van der Waals surface area contributed by atoms with E-state index in [1.807, 2.05) is 0 Å². The SMILES string of the molecule is CCCN(CC)c1ccc(CNCCOC)c(Br)c1. The minimum absolute atomic E-state index is 0.746. The average molecular weight is 329 g/mol. The van der Waals surface area contributed by atoms with Crippen LogP contribution in [0.3, 0.4) is 0 Å². The first-order valence-corrected chi connectivity index (χ1v) is 7.75. The topological polar surface area (TPSA) is 24.5 Å². The Balaban J connectivity index is 2.62. The highest BCUT2D eigenvalue weighted by Gasteiger charge is 2.06. The first-order valence-electron chi connectivity index (χ1n) is 6.95. The zero-order valence-corrected chi connectivity index (χ0v) is 13.8. The number of rotatable bonds is 9. The van der Waals surface area contributed by atoms with Gasteiger partial charge in [0.15, 0.2) is 0 Å². The smallest absolute Gasteiger partial charge is 0.0587 e. The molecule has 0 aliphatic heterocycles. The summed E-state index contributed by atoms with van der Waals surface area (Å²) in [6.07, 6.45) is 1.17. The molecule has 3 nitrogen and oxygen atoms in total. The fourth-order valence-corrected chi connectivity index (χ4v) is 2.52. The second kappa shape index (κ2) is 9.34. The molecule has 0 bridgehead atoms. The molecule has 0 atom stereocenters. The Hall–Kier alpha value is -0.580. The van der Waals surface area contributed by atoms with Gasteiger partial charge in [-0.1, -0.05) is 28.9 Å². The van der Waals surface area contributed by atoms with Crippen molar-refractivity contribution in [3.8, 4) is 0 Å². The van der Waals surface area contributed by atoms with Gasteiger partial charge in [0.25, 0.3) is 0 Å². The Kier molecular flexibility index (Phi) is 8.10. The van der Waals surface area contributed by atoms with Crippen molar-refractivity contribution in [2.45, 2.75) is 26.8 Å². The summed E-state index contributed by atoms with van der Waals surface area (Å²) in [7, 11) is 1.72. The Labute approximate surface area is 125 Å². The van der Waals surface area contributed by atoms with Crippen LogP contribution in [0.25, 0.3) is 0 Å². The van der Waals surface area contributed by atoms with Crippen LogP contribution in [0.5, 0.6) is 0 Å². The van der Waals surface area contributed by atoms with E-state index in [1.165, 1.54) is 22.1 Å². The van der Waals surface area contributed by atoms with E-state index in [2.05, 4.69) is 58.2 Å². The van der Waals surface area contributed by atoms with Crippen molar-refractivity contribution in [2.24, 2.45) is 0 Å². The molecule has 1 N–H and O–H groups in total. The number of nitrogens with one attached hydrogen (secondary N) is 1. The Morgan fingerprint density at radius 1 is 1.32 bits per heavy atom. The summed E-state index contributed by atoms with van der Waals surface area (Å²) in [5.74, 6) is 0. The number of nitrogens with zero attached hydrogens (tertiary/aromatic N) is 1. The Morgan fingerprint density at radius 3 is 2.68 bits per heavy atom. The van der Waals surface area contributed by atoms with Crippen molar-refractivity contribution >= 4 is 21.6 Å². The molecule has 0 aliphatic rings. The highest BCUT2D eigenvalue weighted by atomic mass is 79.9. The maximum Gasteiger partial charge on any atom is 0.0587 e. The molecule has 0 amide bonds. The van der Waals surface area contributed by atoms with Crippen LogP contribution in [0, 0.1) is 0 Å². The monoisotopic (exact) mass is 328 g/mol. The van der Waals surface area contributed by atoms with E-state index in [1.54, 1.807) is 7.11 Å². The molecule has 0 saturated heterocycles. The summed E-state index contributed by atoms with van der Waals surface area (Å²) in [5.41, 5.74) is 2.57. The molecule has 1 rings (SSSR count). The van der Waals surface area contributed by atoms with Gasteiger partial charge in [0, 0.05) is 43.4 Å². The number of hydrogen-bond donors (Lipinski definition) is 1. The second-order valence-corrected chi connectivity index (χ2v) is 5.38. The van der Waals surface area contributed by atoms with Crippen molar-refractivity contribution in [1.29, 1.82) is 0 Å². The second-order valence-electron chi connectivity index (χ2n) is 4.52.